The van der Waals surface area contributed by atoms with Gasteiger partial charge >= 0.3 is 6.03 Å². The number of anilines is 2. The fourth-order valence-corrected chi connectivity index (χ4v) is 4.49. The topological polar surface area (TPSA) is 66.3 Å². The zero-order chi connectivity index (χ0) is 19.6. The smallest absolute Gasteiger partial charge is 0.321 e. The molecule has 2 saturated heterocycles. The monoisotopic (exact) mass is 390 g/mol. The molecular formula is C22H26N6O. The van der Waals surface area contributed by atoms with Gasteiger partial charge in [0.05, 0.1) is 22.9 Å². The first kappa shape index (κ1) is 18.0. The van der Waals surface area contributed by atoms with Crippen LogP contribution in [0.4, 0.5) is 16.2 Å². The lowest BCUT2D eigenvalue weighted by molar-refractivity contribution is 0.220. The third kappa shape index (κ3) is 3.52. The number of pyridine rings is 1. The molecule has 5 rings (SSSR count). The highest BCUT2D eigenvalue weighted by Gasteiger charge is 2.28. The number of benzene rings is 1. The van der Waals surface area contributed by atoms with Crippen LogP contribution in [-0.4, -0.2) is 51.9 Å². The predicted octanol–water partition coefficient (Wildman–Crippen LogP) is 3.90. The van der Waals surface area contributed by atoms with Crippen LogP contribution in [0.25, 0.3) is 10.9 Å². The fraction of sp³-hybridized carbons (Fsp3) is 0.409. The Morgan fingerprint density at radius 3 is 2.76 bits per heavy atom. The molecule has 150 valence electrons. The number of aromatic nitrogens is 3. The van der Waals surface area contributed by atoms with E-state index in [1.807, 2.05) is 46.2 Å². The van der Waals surface area contributed by atoms with Gasteiger partial charge in [-0.25, -0.2) is 4.79 Å². The molecule has 2 aromatic heterocycles. The molecule has 4 heterocycles. The molecular weight excluding hydrogens is 364 g/mol. The third-order valence-electron chi connectivity index (χ3n) is 6.04. The number of urea groups is 1. The molecule has 1 atom stereocenters. The van der Waals surface area contributed by atoms with Crippen molar-refractivity contribution in [1.29, 1.82) is 0 Å². The van der Waals surface area contributed by atoms with E-state index in [-0.39, 0.29) is 12.1 Å². The van der Waals surface area contributed by atoms with Crippen molar-refractivity contribution in [3.05, 3.63) is 48.9 Å². The number of likely N-dealkylation sites (tertiary alicyclic amines) is 1. The van der Waals surface area contributed by atoms with Gasteiger partial charge in [-0.3, -0.25) is 9.67 Å². The van der Waals surface area contributed by atoms with Gasteiger partial charge in [0.15, 0.2) is 0 Å². The zero-order valence-corrected chi connectivity index (χ0v) is 16.5. The Balaban J connectivity index is 1.36. The number of carbonyl (C=O) groups is 1. The Hall–Kier alpha value is -3.09. The van der Waals surface area contributed by atoms with Crippen molar-refractivity contribution < 1.29 is 4.79 Å². The summed E-state index contributed by atoms with van der Waals surface area (Å²) in [7, 11) is 0. The highest BCUT2D eigenvalue weighted by molar-refractivity contribution is 6.04. The van der Waals surface area contributed by atoms with E-state index in [0.29, 0.717) is 6.54 Å². The van der Waals surface area contributed by atoms with E-state index in [1.54, 1.807) is 6.20 Å². The zero-order valence-electron chi connectivity index (χ0n) is 16.5. The van der Waals surface area contributed by atoms with E-state index in [1.165, 1.54) is 24.9 Å². The number of amides is 2. The average molecular weight is 390 g/mol. The molecule has 29 heavy (non-hydrogen) atoms. The van der Waals surface area contributed by atoms with Crippen molar-refractivity contribution in [2.45, 2.75) is 31.7 Å². The summed E-state index contributed by atoms with van der Waals surface area (Å²) in [6.45, 7) is 3.55. The summed E-state index contributed by atoms with van der Waals surface area (Å²) < 4.78 is 1.94. The van der Waals surface area contributed by atoms with Gasteiger partial charge in [-0.1, -0.05) is 0 Å². The maximum atomic E-state index is 12.9. The van der Waals surface area contributed by atoms with Gasteiger partial charge in [0.1, 0.15) is 0 Å². The van der Waals surface area contributed by atoms with Crippen LogP contribution in [0.3, 0.4) is 0 Å². The van der Waals surface area contributed by atoms with Gasteiger partial charge in [0.2, 0.25) is 0 Å². The SMILES string of the molecule is O=C(Nc1ccc(N2CCCCC2)c2ncccc12)N1CCC(n2cccn2)C1. The molecule has 7 heteroatoms. The summed E-state index contributed by atoms with van der Waals surface area (Å²) in [6, 6.07) is 10.2. The second kappa shape index (κ2) is 7.73. The first-order valence-electron chi connectivity index (χ1n) is 10.5. The van der Waals surface area contributed by atoms with Crippen LogP contribution >= 0.6 is 0 Å². The summed E-state index contributed by atoms with van der Waals surface area (Å²) in [6.07, 6.45) is 10.2. The van der Waals surface area contributed by atoms with Crippen LogP contribution in [0.5, 0.6) is 0 Å². The summed E-state index contributed by atoms with van der Waals surface area (Å²) in [4.78, 5) is 21.8. The maximum absolute atomic E-state index is 12.9. The van der Waals surface area contributed by atoms with Gasteiger partial charge in [0, 0.05) is 50.2 Å². The molecule has 2 amide bonds. The number of carbonyl (C=O) groups excluding carboxylic acids is 1. The minimum Gasteiger partial charge on any atom is -0.370 e. The molecule has 0 aliphatic carbocycles. The molecule has 0 spiro atoms. The lowest BCUT2D eigenvalue weighted by Gasteiger charge is -2.30. The van der Waals surface area contributed by atoms with E-state index < -0.39 is 0 Å². The van der Waals surface area contributed by atoms with Crippen LogP contribution in [0.1, 0.15) is 31.7 Å². The van der Waals surface area contributed by atoms with E-state index in [4.69, 9.17) is 0 Å². The first-order valence-corrected chi connectivity index (χ1v) is 10.5. The van der Waals surface area contributed by atoms with E-state index in [0.717, 1.165) is 42.6 Å². The molecule has 2 aliphatic rings. The van der Waals surface area contributed by atoms with E-state index >= 15 is 0 Å². The van der Waals surface area contributed by atoms with Gasteiger partial charge in [-0.2, -0.15) is 5.10 Å². The second-order valence-electron chi connectivity index (χ2n) is 7.88. The highest BCUT2D eigenvalue weighted by Crippen LogP contribution is 2.32. The fourth-order valence-electron chi connectivity index (χ4n) is 4.49. The van der Waals surface area contributed by atoms with Gasteiger partial charge in [0.25, 0.3) is 0 Å². The summed E-state index contributed by atoms with van der Waals surface area (Å²) >= 11 is 0. The van der Waals surface area contributed by atoms with Crippen LogP contribution in [0.2, 0.25) is 0 Å². The van der Waals surface area contributed by atoms with Gasteiger partial charge in [-0.15, -0.1) is 0 Å². The quantitative estimate of drug-likeness (QED) is 0.737. The Morgan fingerprint density at radius 2 is 1.93 bits per heavy atom. The standard InChI is InChI=1S/C22H26N6O/c29-22(27-15-9-17(16-27)28-14-5-11-24-28)25-19-7-8-20(26-12-2-1-3-13-26)21-18(19)6-4-10-23-21/h4-8,10-11,14,17H,1-3,9,12-13,15-16H2,(H,25,29). The molecule has 0 saturated carbocycles. The van der Waals surface area contributed by atoms with Crippen molar-refractivity contribution in [3.63, 3.8) is 0 Å². The lowest BCUT2D eigenvalue weighted by atomic mass is 10.1. The van der Waals surface area contributed by atoms with Crippen LogP contribution in [0.15, 0.2) is 48.9 Å². The largest absolute Gasteiger partial charge is 0.370 e. The normalized spacial score (nSPS) is 19.7. The summed E-state index contributed by atoms with van der Waals surface area (Å²) in [5, 5.41) is 8.43. The van der Waals surface area contributed by atoms with Crippen molar-refractivity contribution in [2.24, 2.45) is 0 Å². The predicted molar refractivity (Wildman–Crippen MR) is 114 cm³/mol. The first-order chi connectivity index (χ1) is 14.3. The Kier molecular flexibility index (Phi) is 4.79. The van der Waals surface area contributed by atoms with Gasteiger partial charge in [-0.05, 0) is 56.0 Å². The molecule has 0 radical (unpaired) electrons. The van der Waals surface area contributed by atoms with Crippen molar-refractivity contribution in [2.75, 3.05) is 36.4 Å². The van der Waals surface area contributed by atoms with Crippen molar-refractivity contribution in [3.8, 4) is 0 Å². The lowest BCUT2D eigenvalue weighted by Crippen LogP contribution is -2.33. The number of nitrogens with one attached hydrogen (secondary N) is 1. The molecule has 1 N–H and O–H groups in total. The second-order valence-corrected chi connectivity index (χ2v) is 7.88. The molecule has 0 bridgehead atoms. The number of piperidine rings is 1. The summed E-state index contributed by atoms with van der Waals surface area (Å²) in [5.74, 6) is 0. The molecule has 2 aliphatic heterocycles. The summed E-state index contributed by atoms with van der Waals surface area (Å²) in [5.41, 5.74) is 2.95. The minimum atomic E-state index is -0.0597. The Bertz CT molecular complexity index is 996. The van der Waals surface area contributed by atoms with Crippen molar-refractivity contribution >= 4 is 28.3 Å². The third-order valence-corrected chi connectivity index (χ3v) is 6.04. The molecule has 7 nitrogen and oxygen atoms in total. The number of hydrogen-bond acceptors (Lipinski definition) is 4. The van der Waals surface area contributed by atoms with Gasteiger partial charge < -0.3 is 15.1 Å². The van der Waals surface area contributed by atoms with Crippen LogP contribution in [0, 0.1) is 0 Å². The maximum Gasteiger partial charge on any atom is 0.321 e. The Labute approximate surface area is 170 Å². The van der Waals surface area contributed by atoms with E-state index in [9.17, 15) is 4.79 Å². The van der Waals surface area contributed by atoms with Crippen molar-refractivity contribution in [1.82, 2.24) is 19.7 Å². The van der Waals surface area contributed by atoms with E-state index in [2.05, 4.69) is 26.4 Å². The minimum absolute atomic E-state index is 0.0597. The Morgan fingerprint density at radius 1 is 1.03 bits per heavy atom. The average Bonchev–Trinajstić information content (AvgIpc) is 3.46. The van der Waals surface area contributed by atoms with Crippen LogP contribution < -0.4 is 10.2 Å². The number of hydrogen-bond donors (Lipinski definition) is 1. The molecule has 2 fully saturated rings. The van der Waals surface area contributed by atoms with Crippen LogP contribution in [-0.2, 0) is 0 Å². The number of nitrogens with zero attached hydrogens (tertiary/aromatic N) is 5. The highest BCUT2D eigenvalue weighted by atomic mass is 16.2. The number of fused-ring (bicyclic) bond motifs is 1. The molecule has 1 unspecified atom stereocenters. The number of rotatable bonds is 3. The molecule has 3 aromatic rings. The molecule has 1 aromatic carbocycles.